The third-order valence-electron chi connectivity index (χ3n) is 4.60. The fraction of sp³-hybridized carbons (Fsp3) is 0.316. The van der Waals surface area contributed by atoms with E-state index in [-0.39, 0.29) is 29.1 Å². The highest BCUT2D eigenvalue weighted by Crippen LogP contribution is 2.31. The molecule has 27 heavy (non-hydrogen) atoms. The van der Waals surface area contributed by atoms with Crippen LogP contribution in [0, 0.1) is 12.8 Å². The fourth-order valence-corrected chi connectivity index (χ4v) is 3.28. The van der Waals surface area contributed by atoms with Gasteiger partial charge in [-0.25, -0.2) is 4.79 Å². The quantitative estimate of drug-likeness (QED) is 0.682. The number of carboxylic acid groups (broad SMARTS) is 1. The second-order valence-electron chi connectivity index (χ2n) is 6.59. The van der Waals surface area contributed by atoms with E-state index in [9.17, 15) is 9.90 Å². The lowest BCUT2D eigenvalue weighted by molar-refractivity contribution is 0.0698. The van der Waals surface area contributed by atoms with Gasteiger partial charge in [0.1, 0.15) is 5.76 Å². The number of aryl methyl sites for hydroxylation is 1. The van der Waals surface area contributed by atoms with Crippen molar-refractivity contribution in [3.8, 4) is 11.3 Å². The molecule has 2 atom stereocenters. The minimum atomic E-state index is -1.10. The highest BCUT2D eigenvalue weighted by atomic mass is 16.5. The maximum atomic E-state index is 11.8. The Morgan fingerprint density at radius 3 is 2.74 bits per heavy atom. The van der Waals surface area contributed by atoms with Gasteiger partial charge >= 0.3 is 5.97 Å². The Bertz CT molecular complexity index is 934. The summed E-state index contributed by atoms with van der Waals surface area (Å²) >= 11 is 0. The van der Waals surface area contributed by atoms with Crippen molar-refractivity contribution in [2.45, 2.75) is 19.4 Å². The van der Waals surface area contributed by atoms with Gasteiger partial charge in [-0.2, -0.15) is 0 Å². The van der Waals surface area contributed by atoms with Crippen LogP contribution >= 0.6 is 0 Å². The van der Waals surface area contributed by atoms with Crippen molar-refractivity contribution in [2.75, 3.05) is 18.5 Å². The molecule has 0 unspecified atom stereocenters. The summed E-state index contributed by atoms with van der Waals surface area (Å²) in [6, 6.07) is 10.8. The molecule has 0 amide bonds. The van der Waals surface area contributed by atoms with Crippen LogP contribution in [0.3, 0.4) is 0 Å². The maximum Gasteiger partial charge on any atom is 0.343 e. The van der Waals surface area contributed by atoms with Gasteiger partial charge in [0.2, 0.25) is 0 Å². The van der Waals surface area contributed by atoms with E-state index in [2.05, 4.69) is 15.6 Å². The van der Waals surface area contributed by atoms with Gasteiger partial charge in [0.25, 0.3) is 0 Å². The van der Waals surface area contributed by atoms with E-state index < -0.39 is 5.97 Å². The van der Waals surface area contributed by atoms with Crippen LogP contribution in [0.2, 0.25) is 0 Å². The van der Waals surface area contributed by atoms with Crippen LogP contribution in [0.15, 0.2) is 45.4 Å². The predicted molar refractivity (Wildman–Crippen MR) is 95.6 cm³/mol. The number of nitrogens with one attached hydrogen (secondary N) is 1. The Morgan fingerprint density at radius 1 is 1.22 bits per heavy atom. The number of aromatic nitrogens is 2. The van der Waals surface area contributed by atoms with Gasteiger partial charge in [0, 0.05) is 24.0 Å². The minimum absolute atomic E-state index is 0.0161. The number of carbonyl (C=O) groups is 1. The number of carboxylic acids is 1. The monoisotopic (exact) mass is 369 g/mol. The zero-order chi connectivity index (χ0) is 18.8. The summed E-state index contributed by atoms with van der Waals surface area (Å²) in [5.74, 6) is 0.218. The van der Waals surface area contributed by atoms with E-state index >= 15 is 0 Å². The van der Waals surface area contributed by atoms with Crippen LogP contribution in [-0.2, 0) is 11.2 Å². The molecule has 2 aromatic heterocycles. The van der Waals surface area contributed by atoms with Crippen molar-refractivity contribution >= 4 is 11.8 Å². The summed E-state index contributed by atoms with van der Waals surface area (Å²) < 4.78 is 16.2. The molecule has 0 aliphatic carbocycles. The molecule has 3 aromatic rings. The fourth-order valence-electron chi connectivity index (χ4n) is 3.28. The summed E-state index contributed by atoms with van der Waals surface area (Å²) in [6.45, 7) is 2.86. The zero-order valence-corrected chi connectivity index (χ0v) is 14.7. The van der Waals surface area contributed by atoms with Crippen molar-refractivity contribution in [1.82, 2.24) is 10.3 Å². The van der Waals surface area contributed by atoms with E-state index in [1.165, 1.54) is 0 Å². The maximum absolute atomic E-state index is 11.8. The van der Waals surface area contributed by atoms with Crippen molar-refractivity contribution in [3.63, 3.8) is 0 Å². The number of benzene rings is 1. The molecule has 4 rings (SSSR count). The summed E-state index contributed by atoms with van der Waals surface area (Å²) in [5.41, 5.74) is 1.50. The molecular weight excluding hydrogens is 350 g/mol. The lowest BCUT2D eigenvalue weighted by atomic mass is 9.98. The Labute approximate surface area is 155 Å². The van der Waals surface area contributed by atoms with Gasteiger partial charge in [-0.1, -0.05) is 40.6 Å². The van der Waals surface area contributed by atoms with E-state index in [4.69, 9.17) is 13.8 Å². The standard InChI is InChI=1S/C19H19N3O5/c1-11-7-14(26-21-11)8-13-9-25-10-15(13)20-18-16(19(23)24)17(27-22-18)12-5-3-2-4-6-12/h2-7,13,15H,8-10H2,1H3,(H,20,22)(H,23,24)/t13-,15+/m1/s1. The Balaban J connectivity index is 1.56. The third-order valence-corrected chi connectivity index (χ3v) is 4.60. The normalized spacial score (nSPS) is 19.3. The zero-order valence-electron chi connectivity index (χ0n) is 14.7. The van der Waals surface area contributed by atoms with Crippen LogP contribution in [-0.4, -0.2) is 40.6 Å². The summed E-state index contributed by atoms with van der Waals surface area (Å²) in [5, 5.41) is 20.7. The van der Waals surface area contributed by atoms with E-state index in [0.717, 1.165) is 11.5 Å². The molecule has 0 bridgehead atoms. The molecule has 8 nitrogen and oxygen atoms in total. The molecule has 1 aliphatic rings. The number of ether oxygens (including phenoxy) is 1. The number of rotatable bonds is 6. The second kappa shape index (κ2) is 7.24. The highest BCUT2D eigenvalue weighted by molar-refractivity contribution is 5.99. The van der Waals surface area contributed by atoms with Crippen molar-refractivity contribution in [2.24, 2.45) is 5.92 Å². The van der Waals surface area contributed by atoms with Crippen LogP contribution in [0.5, 0.6) is 0 Å². The Morgan fingerprint density at radius 2 is 2.04 bits per heavy atom. The molecule has 0 saturated carbocycles. The smallest absolute Gasteiger partial charge is 0.343 e. The molecule has 140 valence electrons. The van der Waals surface area contributed by atoms with Crippen LogP contribution < -0.4 is 5.32 Å². The molecule has 1 fully saturated rings. The molecular formula is C19H19N3O5. The third kappa shape index (κ3) is 3.56. The minimum Gasteiger partial charge on any atom is -0.477 e. The van der Waals surface area contributed by atoms with Crippen molar-refractivity contribution in [1.29, 1.82) is 0 Å². The molecule has 1 aromatic carbocycles. The lowest BCUT2D eigenvalue weighted by Crippen LogP contribution is -2.30. The SMILES string of the molecule is Cc1cc(C[C@@H]2COC[C@@H]2Nc2noc(-c3ccccc3)c2C(=O)O)on1. The van der Waals surface area contributed by atoms with Gasteiger partial charge in [0.15, 0.2) is 17.1 Å². The molecule has 0 radical (unpaired) electrons. The summed E-state index contributed by atoms with van der Waals surface area (Å²) in [7, 11) is 0. The highest BCUT2D eigenvalue weighted by Gasteiger charge is 2.33. The second-order valence-corrected chi connectivity index (χ2v) is 6.59. The molecule has 1 aliphatic heterocycles. The van der Waals surface area contributed by atoms with Gasteiger partial charge < -0.3 is 24.2 Å². The van der Waals surface area contributed by atoms with Gasteiger partial charge in [-0.3, -0.25) is 0 Å². The first-order valence-corrected chi connectivity index (χ1v) is 8.66. The van der Waals surface area contributed by atoms with E-state index in [0.29, 0.717) is 25.2 Å². The molecule has 8 heteroatoms. The van der Waals surface area contributed by atoms with E-state index in [1.54, 1.807) is 12.1 Å². The van der Waals surface area contributed by atoms with Crippen molar-refractivity contribution < 1.29 is 23.7 Å². The molecule has 2 N–H and O–H groups in total. The molecule has 1 saturated heterocycles. The number of nitrogens with zero attached hydrogens (tertiary/aromatic N) is 2. The predicted octanol–water partition coefficient (Wildman–Crippen LogP) is 3.01. The van der Waals surface area contributed by atoms with Gasteiger partial charge in [0.05, 0.1) is 24.9 Å². The largest absolute Gasteiger partial charge is 0.477 e. The molecule has 0 spiro atoms. The van der Waals surface area contributed by atoms with Crippen molar-refractivity contribution in [3.05, 3.63) is 53.4 Å². The van der Waals surface area contributed by atoms with Gasteiger partial charge in [-0.05, 0) is 6.92 Å². The number of aromatic carboxylic acids is 1. The number of hydrogen-bond acceptors (Lipinski definition) is 7. The summed E-state index contributed by atoms with van der Waals surface area (Å²) in [4.78, 5) is 11.8. The first-order valence-electron chi connectivity index (χ1n) is 8.66. The lowest BCUT2D eigenvalue weighted by Gasteiger charge is -2.17. The van der Waals surface area contributed by atoms with Crippen LogP contribution in [0.25, 0.3) is 11.3 Å². The average Bonchev–Trinajstić information content (AvgIpc) is 3.37. The Hall–Kier alpha value is -3.13. The first kappa shape index (κ1) is 17.3. The van der Waals surface area contributed by atoms with E-state index in [1.807, 2.05) is 31.2 Å². The number of hydrogen-bond donors (Lipinski definition) is 2. The molecule has 3 heterocycles. The van der Waals surface area contributed by atoms with Gasteiger partial charge in [-0.15, -0.1) is 0 Å². The van der Waals surface area contributed by atoms with Crippen LogP contribution in [0.1, 0.15) is 21.8 Å². The average molecular weight is 369 g/mol. The Kier molecular flexibility index (Phi) is 4.64. The van der Waals surface area contributed by atoms with Crippen LogP contribution in [0.4, 0.5) is 5.82 Å². The number of anilines is 1. The topological polar surface area (TPSA) is 111 Å². The summed E-state index contributed by atoms with van der Waals surface area (Å²) in [6.07, 6.45) is 0.643. The first-order chi connectivity index (χ1) is 13.1.